The van der Waals surface area contributed by atoms with Crippen molar-refractivity contribution < 1.29 is 4.52 Å². The molecule has 114 valence electrons. The second-order valence-electron chi connectivity index (χ2n) is 5.26. The van der Waals surface area contributed by atoms with Gasteiger partial charge >= 0.3 is 5.69 Å². The Bertz CT molecular complexity index is 727. The van der Waals surface area contributed by atoms with Crippen molar-refractivity contribution in [3.05, 3.63) is 38.9 Å². The van der Waals surface area contributed by atoms with Crippen LogP contribution in [0.15, 0.2) is 26.4 Å². The molecule has 0 radical (unpaired) electrons. The summed E-state index contributed by atoms with van der Waals surface area (Å²) in [5, 5.41) is 6.67. The largest absolute Gasteiger partial charge is 0.383 e. The Morgan fingerprint density at radius 1 is 1.43 bits per heavy atom. The van der Waals surface area contributed by atoms with Gasteiger partial charge in [-0.05, 0) is 5.92 Å². The zero-order valence-corrected chi connectivity index (χ0v) is 12.3. The summed E-state index contributed by atoms with van der Waals surface area (Å²) in [4.78, 5) is 24.3. The maximum atomic E-state index is 12.2. The van der Waals surface area contributed by atoms with E-state index in [0.717, 1.165) is 4.57 Å². The molecule has 0 amide bonds. The fourth-order valence-corrected chi connectivity index (χ4v) is 2.00. The van der Waals surface area contributed by atoms with Gasteiger partial charge in [0.1, 0.15) is 23.5 Å². The molecular weight excluding hydrogens is 274 g/mol. The maximum Gasteiger partial charge on any atom is 0.332 e. The lowest BCUT2D eigenvalue weighted by atomic mass is 10.2. The Labute approximate surface area is 121 Å². The lowest BCUT2D eigenvalue weighted by Crippen LogP contribution is -2.41. The van der Waals surface area contributed by atoms with Crippen molar-refractivity contribution in [3.8, 4) is 0 Å². The second-order valence-corrected chi connectivity index (χ2v) is 5.26. The first-order chi connectivity index (χ1) is 9.91. The van der Waals surface area contributed by atoms with E-state index < -0.39 is 11.2 Å². The summed E-state index contributed by atoms with van der Waals surface area (Å²) < 4.78 is 7.17. The Morgan fingerprint density at radius 3 is 2.71 bits per heavy atom. The fourth-order valence-electron chi connectivity index (χ4n) is 2.00. The van der Waals surface area contributed by atoms with Gasteiger partial charge in [-0.25, -0.2) is 4.79 Å². The maximum absolute atomic E-state index is 12.2. The number of hydrogen-bond acceptors (Lipinski definition) is 6. The van der Waals surface area contributed by atoms with Crippen LogP contribution in [0.5, 0.6) is 0 Å². The minimum atomic E-state index is -0.457. The van der Waals surface area contributed by atoms with Crippen LogP contribution in [0.2, 0.25) is 0 Å². The number of nitrogens with zero attached hydrogens (tertiary/aromatic N) is 3. The first-order valence-electron chi connectivity index (χ1n) is 6.64. The van der Waals surface area contributed by atoms with E-state index in [9.17, 15) is 9.59 Å². The molecule has 3 N–H and O–H groups in total. The Morgan fingerprint density at radius 2 is 2.14 bits per heavy atom. The lowest BCUT2D eigenvalue weighted by molar-refractivity contribution is 0.412. The van der Waals surface area contributed by atoms with E-state index in [4.69, 9.17) is 10.3 Å². The third-order valence-corrected chi connectivity index (χ3v) is 3.07. The van der Waals surface area contributed by atoms with Gasteiger partial charge in [0.05, 0.1) is 6.54 Å². The summed E-state index contributed by atoms with van der Waals surface area (Å²) in [5.74, 6) is 0.367. The highest BCUT2D eigenvalue weighted by molar-refractivity contribution is 5.60. The van der Waals surface area contributed by atoms with Gasteiger partial charge in [-0.2, -0.15) is 0 Å². The SMILES string of the molecule is CC(C)Cn1c(N)c(NCc2ccon2)c(=O)n(C)c1=O. The minimum absolute atomic E-state index is 0.139. The molecule has 21 heavy (non-hydrogen) atoms. The average molecular weight is 293 g/mol. The topological polar surface area (TPSA) is 108 Å². The first kappa shape index (κ1) is 14.9. The number of nitrogens with one attached hydrogen (secondary N) is 1. The number of anilines is 2. The van der Waals surface area contributed by atoms with Gasteiger partial charge in [-0.1, -0.05) is 19.0 Å². The van der Waals surface area contributed by atoms with Crippen LogP contribution >= 0.6 is 0 Å². The summed E-state index contributed by atoms with van der Waals surface area (Å²) in [5.41, 5.74) is 5.94. The molecule has 0 saturated heterocycles. The molecule has 0 aliphatic heterocycles. The highest BCUT2D eigenvalue weighted by Gasteiger charge is 2.16. The van der Waals surface area contributed by atoms with E-state index >= 15 is 0 Å². The van der Waals surface area contributed by atoms with Gasteiger partial charge in [-0.15, -0.1) is 0 Å². The Kier molecular flexibility index (Phi) is 4.15. The van der Waals surface area contributed by atoms with Crippen LogP contribution in [-0.2, 0) is 20.1 Å². The molecular formula is C13H19N5O3. The Balaban J connectivity index is 2.42. The number of rotatable bonds is 5. The van der Waals surface area contributed by atoms with Crippen LogP contribution in [0.1, 0.15) is 19.5 Å². The van der Waals surface area contributed by atoms with Crippen molar-refractivity contribution in [1.82, 2.24) is 14.3 Å². The molecule has 2 heterocycles. The molecule has 0 fully saturated rings. The number of aromatic nitrogens is 3. The summed E-state index contributed by atoms with van der Waals surface area (Å²) in [6.45, 7) is 4.67. The lowest BCUT2D eigenvalue weighted by Gasteiger charge is -2.17. The van der Waals surface area contributed by atoms with Crippen molar-refractivity contribution in [2.45, 2.75) is 26.9 Å². The second kappa shape index (κ2) is 5.86. The molecule has 0 aliphatic carbocycles. The smallest absolute Gasteiger partial charge is 0.332 e. The molecule has 2 aromatic rings. The zero-order valence-electron chi connectivity index (χ0n) is 12.3. The molecule has 0 aliphatic rings. The molecule has 0 bridgehead atoms. The van der Waals surface area contributed by atoms with Gasteiger partial charge in [0.2, 0.25) is 0 Å². The summed E-state index contributed by atoms with van der Waals surface area (Å²) in [6.07, 6.45) is 1.44. The predicted molar refractivity (Wildman–Crippen MR) is 79.0 cm³/mol. The highest BCUT2D eigenvalue weighted by Crippen LogP contribution is 2.13. The molecule has 2 rings (SSSR count). The third kappa shape index (κ3) is 2.99. The van der Waals surface area contributed by atoms with Crippen molar-refractivity contribution in [2.24, 2.45) is 13.0 Å². The van der Waals surface area contributed by atoms with E-state index in [1.807, 2.05) is 13.8 Å². The van der Waals surface area contributed by atoms with Crippen LogP contribution in [-0.4, -0.2) is 14.3 Å². The Hall–Kier alpha value is -2.51. The van der Waals surface area contributed by atoms with Crippen LogP contribution in [0.3, 0.4) is 0 Å². The standard InChI is InChI=1S/C13H19N5O3/c1-8(2)7-18-11(14)10(12(19)17(3)13(18)20)15-6-9-4-5-21-16-9/h4-5,8,15H,6-7,14H2,1-3H3. The monoisotopic (exact) mass is 293 g/mol. The normalized spacial score (nSPS) is 11.0. The molecule has 0 aromatic carbocycles. The molecule has 2 aromatic heterocycles. The van der Waals surface area contributed by atoms with Crippen molar-refractivity contribution in [3.63, 3.8) is 0 Å². The summed E-state index contributed by atoms with van der Waals surface area (Å²) >= 11 is 0. The van der Waals surface area contributed by atoms with Crippen LogP contribution in [0, 0.1) is 5.92 Å². The molecule has 0 spiro atoms. The molecule has 8 heteroatoms. The molecule has 0 unspecified atom stereocenters. The van der Waals surface area contributed by atoms with Crippen molar-refractivity contribution in [1.29, 1.82) is 0 Å². The van der Waals surface area contributed by atoms with Gasteiger partial charge < -0.3 is 15.6 Å². The van der Waals surface area contributed by atoms with Crippen LogP contribution in [0.25, 0.3) is 0 Å². The van der Waals surface area contributed by atoms with Gasteiger partial charge in [0, 0.05) is 19.7 Å². The number of nitrogen functional groups attached to an aromatic ring is 1. The molecule has 8 nitrogen and oxygen atoms in total. The van der Waals surface area contributed by atoms with Crippen molar-refractivity contribution >= 4 is 11.5 Å². The number of nitrogens with two attached hydrogens (primary N) is 1. The van der Waals surface area contributed by atoms with Gasteiger partial charge in [-0.3, -0.25) is 13.9 Å². The zero-order chi connectivity index (χ0) is 15.6. The van der Waals surface area contributed by atoms with E-state index in [2.05, 4.69) is 10.5 Å². The average Bonchev–Trinajstić information content (AvgIpc) is 2.94. The highest BCUT2D eigenvalue weighted by atomic mass is 16.5. The minimum Gasteiger partial charge on any atom is -0.383 e. The predicted octanol–water partition coefficient (Wildman–Crippen LogP) is 0.385. The van der Waals surface area contributed by atoms with Gasteiger partial charge in [0.25, 0.3) is 5.56 Å². The van der Waals surface area contributed by atoms with E-state index in [1.54, 1.807) is 6.07 Å². The van der Waals surface area contributed by atoms with Gasteiger partial charge in [0.15, 0.2) is 0 Å². The van der Waals surface area contributed by atoms with E-state index in [1.165, 1.54) is 17.9 Å². The van der Waals surface area contributed by atoms with E-state index in [0.29, 0.717) is 12.2 Å². The quantitative estimate of drug-likeness (QED) is 0.825. The first-order valence-corrected chi connectivity index (χ1v) is 6.64. The van der Waals surface area contributed by atoms with Crippen molar-refractivity contribution in [2.75, 3.05) is 11.1 Å². The summed E-state index contributed by atoms with van der Waals surface area (Å²) in [6, 6.07) is 1.68. The molecule has 0 atom stereocenters. The third-order valence-electron chi connectivity index (χ3n) is 3.07. The summed E-state index contributed by atoms with van der Waals surface area (Å²) in [7, 11) is 1.43. The van der Waals surface area contributed by atoms with Crippen LogP contribution < -0.4 is 22.3 Å². The van der Waals surface area contributed by atoms with Crippen LogP contribution in [0.4, 0.5) is 11.5 Å². The molecule has 0 saturated carbocycles. The van der Waals surface area contributed by atoms with E-state index in [-0.39, 0.29) is 24.0 Å². The fraction of sp³-hybridized carbons (Fsp3) is 0.462. The number of hydrogen-bond donors (Lipinski definition) is 2.